The molecule has 0 bridgehead atoms. The Labute approximate surface area is 290 Å². The molecule has 0 saturated carbocycles. The molecule has 6 atom stereocenters. The molecule has 0 spiro atoms. The lowest BCUT2D eigenvalue weighted by molar-refractivity contribution is -0.276. The number of aliphatic hydroxyl groups is 2. The third-order valence-electron chi connectivity index (χ3n) is 10.2. The van der Waals surface area contributed by atoms with Gasteiger partial charge in [0.15, 0.2) is 6.29 Å². The Kier molecular flexibility index (Phi) is 11.2. The van der Waals surface area contributed by atoms with Gasteiger partial charge in [-0.1, -0.05) is 73.7 Å². The second-order valence-corrected chi connectivity index (χ2v) is 13.5. The van der Waals surface area contributed by atoms with Gasteiger partial charge in [-0.2, -0.15) is 13.2 Å². The maximum atomic E-state index is 13.0. The number of carbonyl (C=O) groups is 2. The van der Waals surface area contributed by atoms with Gasteiger partial charge in [-0.05, 0) is 66.1 Å². The zero-order valence-corrected chi connectivity index (χ0v) is 28.0. The minimum Gasteiger partial charge on any atom is -0.395 e. The predicted octanol–water partition coefficient (Wildman–Crippen LogP) is 5.26. The number of ether oxygens (including phenoxy) is 2. The quantitative estimate of drug-likeness (QED) is 0.265. The highest BCUT2D eigenvalue weighted by molar-refractivity contribution is 5.90. The van der Waals surface area contributed by atoms with Crippen molar-refractivity contribution < 1.29 is 42.4 Å². The fourth-order valence-corrected chi connectivity index (χ4v) is 7.35. The standard InChI is InChI=1S/C38H44F3N3O6/c1-24-33(21-43-17-3-7-31(43)23-46)49-36(50-34(24)28-11-9-25(22-45)10-12-28)29-15-13-27(14-16-29)30-6-2-5-26(19-30)20-42-35(47)32-8-4-18-44(32)37(48)38(39,40)41/h2,5-6,9-16,19,24,31-34,36,45-46H,3-4,7-8,17-18,20-23H2,1H3,(H,42,47)/t24-,31+,32+,33+,34+,36+/m1/s1. The fraction of sp³-hybridized carbons (Fsp3) is 0.474. The van der Waals surface area contributed by atoms with Crippen LogP contribution in [0.5, 0.6) is 0 Å². The summed E-state index contributed by atoms with van der Waals surface area (Å²) in [6.45, 7) is 3.80. The van der Waals surface area contributed by atoms with Crippen molar-refractivity contribution in [3.05, 3.63) is 95.1 Å². The summed E-state index contributed by atoms with van der Waals surface area (Å²) in [6.07, 6.45) is -3.54. The van der Waals surface area contributed by atoms with Crippen LogP contribution in [0.15, 0.2) is 72.8 Å². The van der Waals surface area contributed by atoms with Crippen LogP contribution >= 0.6 is 0 Å². The molecule has 50 heavy (non-hydrogen) atoms. The maximum absolute atomic E-state index is 13.0. The summed E-state index contributed by atoms with van der Waals surface area (Å²) in [5, 5.41) is 22.2. The van der Waals surface area contributed by atoms with Crippen LogP contribution in [0.3, 0.4) is 0 Å². The molecule has 3 saturated heterocycles. The van der Waals surface area contributed by atoms with Crippen molar-refractivity contribution >= 4 is 11.8 Å². The maximum Gasteiger partial charge on any atom is 0.471 e. The summed E-state index contributed by atoms with van der Waals surface area (Å²) in [4.78, 5) is 27.5. The monoisotopic (exact) mass is 695 g/mol. The average molecular weight is 696 g/mol. The Hall–Kier alpha value is -3.81. The second-order valence-electron chi connectivity index (χ2n) is 13.5. The molecule has 6 rings (SSSR count). The van der Waals surface area contributed by atoms with Crippen LogP contribution in [-0.4, -0.2) is 82.4 Å². The Balaban J connectivity index is 1.15. The fourth-order valence-electron chi connectivity index (χ4n) is 7.35. The molecule has 3 aliphatic rings. The molecular weight excluding hydrogens is 651 g/mol. The zero-order valence-electron chi connectivity index (χ0n) is 28.0. The van der Waals surface area contributed by atoms with E-state index in [1.807, 2.05) is 72.8 Å². The number of amides is 2. The summed E-state index contributed by atoms with van der Waals surface area (Å²) < 4.78 is 52.3. The first-order valence-corrected chi connectivity index (χ1v) is 17.3. The van der Waals surface area contributed by atoms with Crippen LogP contribution in [0.2, 0.25) is 0 Å². The van der Waals surface area contributed by atoms with Gasteiger partial charge in [0, 0.05) is 37.2 Å². The van der Waals surface area contributed by atoms with Crippen molar-refractivity contribution in [1.29, 1.82) is 0 Å². The van der Waals surface area contributed by atoms with Gasteiger partial charge in [0.05, 0.1) is 25.4 Å². The molecule has 0 radical (unpaired) electrons. The molecule has 3 N–H and O–H groups in total. The normalized spacial score (nSPS) is 25.9. The number of likely N-dealkylation sites (tertiary alicyclic amines) is 2. The number of hydrogen-bond donors (Lipinski definition) is 3. The molecule has 0 aromatic heterocycles. The first kappa shape index (κ1) is 36.0. The van der Waals surface area contributed by atoms with Gasteiger partial charge in [0.1, 0.15) is 6.04 Å². The molecule has 3 fully saturated rings. The molecule has 12 heteroatoms. The number of alkyl halides is 3. The topological polar surface area (TPSA) is 112 Å². The highest BCUT2D eigenvalue weighted by atomic mass is 19.4. The van der Waals surface area contributed by atoms with E-state index in [0.717, 1.165) is 52.8 Å². The smallest absolute Gasteiger partial charge is 0.395 e. The van der Waals surface area contributed by atoms with E-state index in [1.165, 1.54) is 0 Å². The van der Waals surface area contributed by atoms with Gasteiger partial charge in [0.2, 0.25) is 5.91 Å². The van der Waals surface area contributed by atoms with E-state index in [9.17, 15) is 33.0 Å². The van der Waals surface area contributed by atoms with Gasteiger partial charge in [-0.15, -0.1) is 0 Å². The van der Waals surface area contributed by atoms with Gasteiger partial charge in [0.25, 0.3) is 0 Å². The molecule has 2 amide bonds. The second kappa shape index (κ2) is 15.6. The van der Waals surface area contributed by atoms with Crippen molar-refractivity contribution in [2.24, 2.45) is 5.92 Å². The number of rotatable bonds is 10. The number of nitrogens with zero attached hydrogens (tertiary/aromatic N) is 2. The minimum absolute atomic E-state index is 0.0237. The van der Waals surface area contributed by atoms with Crippen LogP contribution in [0.25, 0.3) is 11.1 Å². The summed E-state index contributed by atoms with van der Waals surface area (Å²) in [7, 11) is 0. The van der Waals surface area contributed by atoms with E-state index in [1.54, 1.807) is 0 Å². The van der Waals surface area contributed by atoms with Gasteiger partial charge >= 0.3 is 12.1 Å². The molecule has 268 valence electrons. The number of halogens is 3. The molecule has 0 unspecified atom stereocenters. The van der Waals surface area contributed by atoms with Crippen molar-refractivity contribution in [3.8, 4) is 11.1 Å². The minimum atomic E-state index is -5.02. The molecule has 3 aromatic rings. The largest absolute Gasteiger partial charge is 0.471 e. The lowest BCUT2D eigenvalue weighted by Crippen LogP contribution is -2.50. The number of nitrogens with one attached hydrogen (secondary N) is 1. The number of aliphatic hydroxyl groups excluding tert-OH is 2. The highest BCUT2D eigenvalue weighted by Crippen LogP contribution is 2.42. The van der Waals surface area contributed by atoms with Gasteiger partial charge in [-0.25, -0.2) is 0 Å². The van der Waals surface area contributed by atoms with E-state index >= 15 is 0 Å². The average Bonchev–Trinajstić information content (AvgIpc) is 3.81. The van der Waals surface area contributed by atoms with Crippen molar-refractivity contribution in [3.63, 3.8) is 0 Å². The Bertz CT molecular complexity index is 1620. The van der Waals surface area contributed by atoms with Crippen molar-refractivity contribution in [1.82, 2.24) is 15.1 Å². The van der Waals surface area contributed by atoms with Crippen LogP contribution in [-0.2, 0) is 32.2 Å². The third kappa shape index (κ3) is 8.05. The number of hydrogen-bond acceptors (Lipinski definition) is 7. The predicted molar refractivity (Wildman–Crippen MR) is 179 cm³/mol. The van der Waals surface area contributed by atoms with Crippen LogP contribution in [0, 0.1) is 5.92 Å². The van der Waals surface area contributed by atoms with E-state index in [4.69, 9.17) is 9.47 Å². The lowest BCUT2D eigenvalue weighted by atomic mass is 9.89. The number of benzene rings is 3. The molecule has 3 heterocycles. The Morgan fingerprint density at radius 2 is 1.60 bits per heavy atom. The lowest BCUT2D eigenvalue weighted by Gasteiger charge is -2.43. The van der Waals surface area contributed by atoms with Gasteiger partial charge in [-0.3, -0.25) is 14.5 Å². The summed E-state index contributed by atoms with van der Waals surface area (Å²) in [5.41, 5.74) is 5.24. The van der Waals surface area contributed by atoms with E-state index in [2.05, 4.69) is 17.1 Å². The molecule has 3 aromatic carbocycles. The van der Waals surface area contributed by atoms with Crippen molar-refractivity contribution in [2.75, 3.05) is 26.2 Å². The number of carbonyl (C=O) groups excluding carboxylic acids is 2. The molecule has 0 aliphatic carbocycles. The van der Waals surface area contributed by atoms with Crippen LogP contribution < -0.4 is 5.32 Å². The third-order valence-corrected chi connectivity index (χ3v) is 10.2. The molecule has 9 nitrogen and oxygen atoms in total. The SMILES string of the molecule is C[C@@H]1[C@H](CN2CCC[C@H]2CO)O[C@H](c2ccc(-c3cccc(CNC(=O)[C@@H]4CCCN4C(=O)C(F)(F)F)c3)cc2)O[C@@H]1c1ccc(CO)cc1. The van der Waals surface area contributed by atoms with E-state index in [0.29, 0.717) is 17.9 Å². The molecule has 3 aliphatic heterocycles. The van der Waals surface area contributed by atoms with Crippen LogP contribution in [0.4, 0.5) is 13.2 Å². The van der Waals surface area contributed by atoms with Crippen molar-refractivity contribution in [2.45, 2.75) is 82.5 Å². The first-order valence-electron chi connectivity index (χ1n) is 17.3. The van der Waals surface area contributed by atoms with Crippen LogP contribution in [0.1, 0.15) is 67.3 Å². The summed E-state index contributed by atoms with van der Waals surface area (Å²) >= 11 is 0. The highest BCUT2D eigenvalue weighted by Gasteiger charge is 2.47. The van der Waals surface area contributed by atoms with E-state index < -0.39 is 30.3 Å². The van der Waals surface area contributed by atoms with E-state index in [-0.39, 0.29) is 56.9 Å². The first-order chi connectivity index (χ1) is 24.0. The Morgan fingerprint density at radius 3 is 2.30 bits per heavy atom. The summed E-state index contributed by atoms with van der Waals surface area (Å²) in [6, 6.07) is 22.2. The van der Waals surface area contributed by atoms with Gasteiger partial charge < -0.3 is 29.9 Å². The summed E-state index contributed by atoms with van der Waals surface area (Å²) in [5.74, 6) is -2.56. The molecular formula is C38H44F3N3O6. The zero-order chi connectivity index (χ0) is 35.4. The Morgan fingerprint density at radius 1 is 0.880 bits per heavy atom.